The molecule has 0 radical (unpaired) electrons. The van der Waals surface area contributed by atoms with Crippen molar-refractivity contribution in [1.29, 1.82) is 0 Å². The second-order valence-electron chi connectivity index (χ2n) is 5.43. The molecular weight excluding hydrogens is 259 g/mol. The van der Waals surface area contributed by atoms with Gasteiger partial charge in [-0.15, -0.1) is 0 Å². The Morgan fingerprint density at radius 2 is 2.30 bits per heavy atom. The lowest BCUT2D eigenvalue weighted by atomic mass is 9.86. The van der Waals surface area contributed by atoms with Crippen LogP contribution in [0.15, 0.2) is 30.7 Å². The van der Waals surface area contributed by atoms with Crippen LogP contribution in [0.3, 0.4) is 0 Å². The van der Waals surface area contributed by atoms with Crippen molar-refractivity contribution in [3.63, 3.8) is 0 Å². The number of aliphatic hydroxyl groups is 1. The number of nitrogens with zero attached hydrogens (tertiary/aromatic N) is 2. The molecule has 4 rings (SSSR count). The van der Waals surface area contributed by atoms with Gasteiger partial charge in [-0.25, -0.2) is 9.37 Å². The Kier molecular flexibility index (Phi) is 2.65. The van der Waals surface area contributed by atoms with Crippen LogP contribution in [0.4, 0.5) is 4.39 Å². The lowest BCUT2D eigenvalue weighted by Gasteiger charge is -2.33. The number of imidazole rings is 1. The highest BCUT2D eigenvalue weighted by Crippen LogP contribution is 2.45. The molecule has 1 aromatic heterocycles. The van der Waals surface area contributed by atoms with Crippen LogP contribution >= 0.6 is 0 Å². The Morgan fingerprint density at radius 3 is 3.15 bits per heavy atom. The summed E-state index contributed by atoms with van der Waals surface area (Å²) in [6.45, 7) is 1.00. The maximum Gasteiger partial charge on any atom is 0.129 e. The predicted molar refractivity (Wildman–Crippen MR) is 70.7 cm³/mol. The summed E-state index contributed by atoms with van der Waals surface area (Å²) in [5.41, 5.74) is 2.42. The van der Waals surface area contributed by atoms with Gasteiger partial charge in [-0.3, -0.25) is 0 Å². The normalized spacial score (nSPS) is 28.2. The van der Waals surface area contributed by atoms with Crippen molar-refractivity contribution in [2.45, 2.75) is 18.6 Å². The van der Waals surface area contributed by atoms with Gasteiger partial charge in [0.1, 0.15) is 5.82 Å². The standard InChI is InChI=1S/C15H15FN2O2/c16-11-3-1-2-9-12-6-17-8-18(12)15(14(9)11)10-7-20-5-4-13(10)19/h1-3,6,8,10,13,15,19H,4-5,7H2/t10-,13-,15?/m1/s1. The molecule has 1 N–H and O–H groups in total. The van der Waals surface area contributed by atoms with Gasteiger partial charge in [0, 0.05) is 23.7 Å². The van der Waals surface area contributed by atoms with E-state index in [1.54, 1.807) is 18.6 Å². The lowest BCUT2D eigenvalue weighted by Crippen LogP contribution is -2.37. The Morgan fingerprint density at radius 1 is 1.40 bits per heavy atom. The first-order valence-electron chi connectivity index (χ1n) is 6.84. The van der Waals surface area contributed by atoms with Gasteiger partial charge in [-0.2, -0.15) is 0 Å². The average molecular weight is 274 g/mol. The van der Waals surface area contributed by atoms with Crippen LogP contribution in [0.25, 0.3) is 11.3 Å². The molecule has 1 unspecified atom stereocenters. The van der Waals surface area contributed by atoms with Crippen LogP contribution in [-0.4, -0.2) is 34.0 Å². The molecule has 1 fully saturated rings. The highest BCUT2D eigenvalue weighted by atomic mass is 19.1. The molecule has 0 bridgehead atoms. The fourth-order valence-corrected chi connectivity index (χ4v) is 3.41. The summed E-state index contributed by atoms with van der Waals surface area (Å²) in [7, 11) is 0. The van der Waals surface area contributed by atoms with E-state index in [1.165, 1.54) is 6.07 Å². The van der Waals surface area contributed by atoms with Crippen molar-refractivity contribution in [3.05, 3.63) is 42.1 Å². The monoisotopic (exact) mass is 274 g/mol. The zero-order valence-electron chi connectivity index (χ0n) is 10.9. The first-order valence-corrected chi connectivity index (χ1v) is 6.84. The van der Waals surface area contributed by atoms with Crippen LogP contribution in [0.1, 0.15) is 18.0 Å². The maximum absolute atomic E-state index is 14.3. The Hall–Kier alpha value is -1.72. The topological polar surface area (TPSA) is 47.3 Å². The first kappa shape index (κ1) is 12.1. The summed E-state index contributed by atoms with van der Waals surface area (Å²) in [5, 5.41) is 10.3. The van der Waals surface area contributed by atoms with Gasteiger partial charge in [0.15, 0.2) is 0 Å². The Bertz CT molecular complexity index is 655. The molecule has 0 spiro atoms. The number of halogens is 1. The summed E-state index contributed by atoms with van der Waals surface area (Å²) in [4.78, 5) is 4.16. The van der Waals surface area contributed by atoms with Gasteiger partial charge in [-0.05, 0) is 12.5 Å². The highest BCUT2D eigenvalue weighted by Gasteiger charge is 2.40. The van der Waals surface area contributed by atoms with Crippen molar-refractivity contribution in [2.24, 2.45) is 5.92 Å². The van der Waals surface area contributed by atoms with Crippen molar-refractivity contribution >= 4 is 0 Å². The van der Waals surface area contributed by atoms with Crippen molar-refractivity contribution in [1.82, 2.24) is 9.55 Å². The SMILES string of the molecule is O[C@@H]1CCOC[C@H]1C1c2c(F)cccc2-c2cncn21. The summed E-state index contributed by atoms with van der Waals surface area (Å²) in [6.07, 6.45) is 3.57. The molecule has 1 saturated heterocycles. The van der Waals surface area contributed by atoms with E-state index in [0.717, 1.165) is 11.3 Å². The van der Waals surface area contributed by atoms with Crippen LogP contribution in [0.5, 0.6) is 0 Å². The number of rotatable bonds is 1. The van der Waals surface area contributed by atoms with Gasteiger partial charge >= 0.3 is 0 Å². The van der Waals surface area contributed by atoms with E-state index in [0.29, 0.717) is 25.2 Å². The third-order valence-corrected chi connectivity index (χ3v) is 4.36. The molecule has 2 aliphatic heterocycles. The van der Waals surface area contributed by atoms with Crippen molar-refractivity contribution < 1.29 is 14.2 Å². The summed E-state index contributed by atoms with van der Waals surface area (Å²) in [6, 6.07) is 4.85. The van der Waals surface area contributed by atoms with Crippen LogP contribution in [-0.2, 0) is 4.74 Å². The van der Waals surface area contributed by atoms with Gasteiger partial charge in [-0.1, -0.05) is 12.1 Å². The fourth-order valence-electron chi connectivity index (χ4n) is 3.41. The summed E-state index contributed by atoms with van der Waals surface area (Å²) in [5.74, 6) is -0.371. The number of fused-ring (bicyclic) bond motifs is 3. The lowest BCUT2D eigenvalue weighted by molar-refractivity contribution is -0.0484. The van der Waals surface area contributed by atoms with Gasteiger partial charge < -0.3 is 14.4 Å². The number of hydrogen-bond donors (Lipinski definition) is 1. The molecule has 5 heteroatoms. The second kappa shape index (κ2) is 4.40. The van der Waals surface area contributed by atoms with E-state index in [9.17, 15) is 9.50 Å². The number of hydrogen-bond acceptors (Lipinski definition) is 3. The van der Waals surface area contributed by atoms with Crippen LogP contribution in [0, 0.1) is 11.7 Å². The van der Waals surface area contributed by atoms with Gasteiger partial charge in [0.2, 0.25) is 0 Å². The van der Waals surface area contributed by atoms with Crippen LogP contribution in [0.2, 0.25) is 0 Å². The molecule has 4 nitrogen and oxygen atoms in total. The minimum Gasteiger partial charge on any atom is -0.393 e. The minimum absolute atomic E-state index is 0.144. The molecule has 20 heavy (non-hydrogen) atoms. The molecule has 104 valence electrons. The predicted octanol–water partition coefficient (Wildman–Crippen LogP) is 1.99. The third-order valence-electron chi connectivity index (χ3n) is 4.36. The van der Waals surface area contributed by atoms with E-state index < -0.39 is 6.10 Å². The molecule has 2 aliphatic rings. The third kappa shape index (κ3) is 1.57. The second-order valence-corrected chi connectivity index (χ2v) is 5.43. The molecule has 0 aliphatic carbocycles. The number of aromatic nitrogens is 2. The Balaban J connectivity index is 1.88. The zero-order valence-corrected chi connectivity index (χ0v) is 10.9. The first-order chi connectivity index (χ1) is 9.77. The van der Waals surface area contributed by atoms with Crippen molar-refractivity contribution in [3.8, 4) is 11.3 Å². The van der Waals surface area contributed by atoms with Crippen molar-refractivity contribution in [2.75, 3.05) is 13.2 Å². The molecule has 2 aromatic rings. The van der Waals surface area contributed by atoms with E-state index in [4.69, 9.17) is 4.74 Å². The van der Waals surface area contributed by atoms with E-state index in [1.807, 2.05) is 10.6 Å². The van der Waals surface area contributed by atoms with E-state index in [-0.39, 0.29) is 17.8 Å². The number of aliphatic hydroxyl groups excluding tert-OH is 1. The Labute approximate surface area is 115 Å². The number of benzene rings is 1. The average Bonchev–Trinajstić information content (AvgIpc) is 3.01. The zero-order chi connectivity index (χ0) is 13.7. The van der Waals surface area contributed by atoms with E-state index >= 15 is 0 Å². The smallest absolute Gasteiger partial charge is 0.129 e. The van der Waals surface area contributed by atoms with Crippen LogP contribution < -0.4 is 0 Å². The summed E-state index contributed by atoms with van der Waals surface area (Å²) >= 11 is 0. The maximum atomic E-state index is 14.3. The molecule has 0 amide bonds. The molecule has 3 heterocycles. The number of ether oxygens (including phenoxy) is 1. The van der Waals surface area contributed by atoms with E-state index in [2.05, 4.69) is 4.98 Å². The van der Waals surface area contributed by atoms with Gasteiger partial charge in [0.05, 0.1) is 37.0 Å². The molecule has 1 aromatic carbocycles. The highest BCUT2D eigenvalue weighted by molar-refractivity contribution is 5.69. The van der Waals surface area contributed by atoms with Gasteiger partial charge in [0.25, 0.3) is 0 Å². The summed E-state index contributed by atoms with van der Waals surface area (Å²) < 4.78 is 21.8. The molecule has 3 atom stereocenters. The fraction of sp³-hybridized carbons (Fsp3) is 0.400. The minimum atomic E-state index is -0.477. The molecular formula is C15H15FN2O2. The quantitative estimate of drug-likeness (QED) is 0.865. The largest absolute Gasteiger partial charge is 0.393 e. The molecule has 0 saturated carbocycles.